The number of anilines is 1. The van der Waals surface area contributed by atoms with E-state index in [-0.39, 0.29) is 11.5 Å². The molecule has 0 spiro atoms. The summed E-state index contributed by atoms with van der Waals surface area (Å²) in [4.78, 5) is 26.2. The summed E-state index contributed by atoms with van der Waals surface area (Å²) in [6.45, 7) is 4.85. The van der Waals surface area contributed by atoms with Gasteiger partial charge in [-0.3, -0.25) is 4.79 Å². The Kier molecular flexibility index (Phi) is 3.51. The Labute approximate surface area is 115 Å². The fraction of sp³-hybridized carbons (Fsp3) is 0.231. The van der Waals surface area contributed by atoms with Crippen molar-refractivity contribution in [3.05, 3.63) is 35.3 Å². The summed E-state index contributed by atoms with van der Waals surface area (Å²) in [5, 5.41) is 15.8. The van der Waals surface area contributed by atoms with Crippen molar-refractivity contribution in [2.75, 3.05) is 5.32 Å². The molecule has 0 aliphatic heterocycles. The lowest BCUT2D eigenvalue weighted by atomic mass is 10.2. The summed E-state index contributed by atoms with van der Waals surface area (Å²) in [6.07, 6.45) is 3.04. The van der Waals surface area contributed by atoms with Gasteiger partial charge in [-0.05, 0) is 19.4 Å². The summed E-state index contributed by atoms with van der Waals surface area (Å²) in [6, 6.07) is 1.65. The molecule has 0 aliphatic carbocycles. The van der Waals surface area contributed by atoms with Crippen molar-refractivity contribution >= 4 is 17.7 Å². The second-order valence-electron chi connectivity index (χ2n) is 4.42. The first-order valence-electron chi connectivity index (χ1n) is 5.92. The number of carbonyl (C=O) groups is 2. The van der Waals surface area contributed by atoms with E-state index in [0.29, 0.717) is 17.2 Å². The number of pyridine rings is 1. The molecule has 104 valence electrons. The largest absolute Gasteiger partial charge is 0.478 e. The molecular formula is C13H14N4O3. The van der Waals surface area contributed by atoms with Crippen LogP contribution in [-0.4, -0.2) is 31.7 Å². The highest BCUT2D eigenvalue weighted by atomic mass is 16.4. The number of nitrogens with one attached hydrogen (secondary N) is 1. The highest BCUT2D eigenvalue weighted by Crippen LogP contribution is 2.18. The van der Waals surface area contributed by atoms with Gasteiger partial charge in [0.25, 0.3) is 0 Å². The van der Waals surface area contributed by atoms with E-state index in [4.69, 9.17) is 5.11 Å². The maximum Gasteiger partial charge on any atom is 0.339 e. The van der Waals surface area contributed by atoms with E-state index in [9.17, 15) is 9.59 Å². The second-order valence-corrected chi connectivity index (χ2v) is 4.42. The molecule has 0 radical (unpaired) electrons. The highest BCUT2D eigenvalue weighted by molar-refractivity contribution is 5.89. The molecule has 7 nitrogen and oxygen atoms in total. The van der Waals surface area contributed by atoms with Crippen LogP contribution in [0.3, 0.4) is 0 Å². The van der Waals surface area contributed by atoms with Crippen molar-refractivity contribution in [2.24, 2.45) is 0 Å². The smallest absolute Gasteiger partial charge is 0.339 e. The lowest BCUT2D eigenvalue weighted by Crippen LogP contribution is -2.09. The van der Waals surface area contributed by atoms with E-state index in [1.54, 1.807) is 19.2 Å². The van der Waals surface area contributed by atoms with Gasteiger partial charge in [0.05, 0.1) is 11.4 Å². The Hall–Kier alpha value is -2.70. The van der Waals surface area contributed by atoms with Crippen molar-refractivity contribution in [3.63, 3.8) is 0 Å². The van der Waals surface area contributed by atoms with Crippen LogP contribution < -0.4 is 5.32 Å². The maximum absolute atomic E-state index is 11.0. The Bertz CT molecular complexity index is 691. The topological polar surface area (TPSA) is 97.1 Å². The lowest BCUT2D eigenvalue weighted by Gasteiger charge is -2.08. The molecule has 0 saturated heterocycles. The van der Waals surface area contributed by atoms with Crippen LogP contribution in [0.1, 0.15) is 28.5 Å². The predicted octanol–water partition coefficient (Wildman–Crippen LogP) is 1.54. The van der Waals surface area contributed by atoms with E-state index < -0.39 is 5.97 Å². The Morgan fingerprint density at radius 1 is 1.35 bits per heavy atom. The van der Waals surface area contributed by atoms with Crippen LogP contribution in [-0.2, 0) is 4.79 Å². The first kappa shape index (κ1) is 13.7. The van der Waals surface area contributed by atoms with Gasteiger partial charge in [0.15, 0.2) is 0 Å². The molecule has 2 rings (SSSR count). The zero-order chi connectivity index (χ0) is 14.9. The van der Waals surface area contributed by atoms with Gasteiger partial charge in [0.1, 0.15) is 11.4 Å². The van der Waals surface area contributed by atoms with Crippen molar-refractivity contribution < 1.29 is 14.7 Å². The molecule has 2 aromatic heterocycles. The summed E-state index contributed by atoms with van der Waals surface area (Å²) >= 11 is 0. The SMILES string of the molecule is CC(=O)Nc1cc(-n2cc(C(=O)O)c(C)n2)c(C)cn1. The van der Waals surface area contributed by atoms with Gasteiger partial charge < -0.3 is 10.4 Å². The number of aryl methyl sites for hydroxylation is 2. The minimum Gasteiger partial charge on any atom is -0.478 e. The fourth-order valence-corrected chi connectivity index (χ4v) is 1.80. The molecular weight excluding hydrogens is 260 g/mol. The fourth-order valence-electron chi connectivity index (χ4n) is 1.80. The Balaban J connectivity index is 2.48. The number of carboxylic acids is 1. The first-order valence-corrected chi connectivity index (χ1v) is 5.92. The molecule has 0 aromatic carbocycles. The van der Waals surface area contributed by atoms with E-state index in [1.807, 2.05) is 6.92 Å². The van der Waals surface area contributed by atoms with E-state index in [0.717, 1.165) is 5.56 Å². The van der Waals surface area contributed by atoms with Crippen LogP contribution in [0.4, 0.5) is 5.82 Å². The van der Waals surface area contributed by atoms with Crippen LogP contribution in [0, 0.1) is 13.8 Å². The monoisotopic (exact) mass is 274 g/mol. The van der Waals surface area contributed by atoms with Crippen molar-refractivity contribution in [3.8, 4) is 5.69 Å². The summed E-state index contributed by atoms with van der Waals surface area (Å²) in [5.41, 5.74) is 2.05. The van der Waals surface area contributed by atoms with Crippen molar-refractivity contribution in [1.29, 1.82) is 0 Å². The van der Waals surface area contributed by atoms with E-state index in [1.165, 1.54) is 17.8 Å². The number of aromatic carboxylic acids is 1. The zero-order valence-corrected chi connectivity index (χ0v) is 11.3. The maximum atomic E-state index is 11.0. The van der Waals surface area contributed by atoms with Gasteiger partial charge in [-0.15, -0.1) is 0 Å². The van der Waals surface area contributed by atoms with Gasteiger partial charge in [0, 0.05) is 25.4 Å². The Morgan fingerprint density at radius 2 is 2.05 bits per heavy atom. The zero-order valence-electron chi connectivity index (χ0n) is 11.3. The van der Waals surface area contributed by atoms with Crippen LogP contribution >= 0.6 is 0 Å². The second kappa shape index (κ2) is 5.12. The van der Waals surface area contributed by atoms with Gasteiger partial charge >= 0.3 is 5.97 Å². The van der Waals surface area contributed by atoms with Crippen LogP contribution in [0.2, 0.25) is 0 Å². The van der Waals surface area contributed by atoms with Crippen molar-refractivity contribution in [1.82, 2.24) is 14.8 Å². The molecule has 0 saturated carbocycles. The van der Waals surface area contributed by atoms with Gasteiger partial charge in [0.2, 0.25) is 5.91 Å². The van der Waals surface area contributed by atoms with Gasteiger partial charge in [-0.2, -0.15) is 5.10 Å². The molecule has 0 bridgehead atoms. The molecule has 2 heterocycles. The number of amides is 1. The summed E-state index contributed by atoms with van der Waals surface area (Å²) in [5.74, 6) is -0.860. The standard InChI is InChI=1S/C13H14N4O3/c1-7-5-14-12(15-9(3)18)4-11(7)17-6-10(13(19)20)8(2)16-17/h4-6H,1-3H3,(H,19,20)(H,14,15,18). The Morgan fingerprint density at radius 3 is 2.60 bits per heavy atom. The molecule has 2 aromatic rings. The minimum absolute atomic E-state index is 0.141. The number of nitrogens with zero attached hydrogens (tertiary/aromatic N) is 3. The van der Waals surface area contributed by atoms with Gasteiger partial charge in [-0.1, -0.05) is 0 Å². The number of carbonyl (C=O) groups excluding carboxylic acids is 1. The predicted molar refractivity (Wildman–Crippen MR) is 72.1 cm³/mol. The average molecular weight is 274 g/mol. The van der Waals surface area contributed by atoms with Crippen LogP contribution in [0.25, 0.3) is 5.69 Å². The van der Waals surface area contributed by atoms with Gasteiger partial charge in [-0.25, -0.2) is 14.5 Å². The normalized spacial score (nSPS) is 10.3. The quantitative estimate of drug-likeness (QED) is 0.884. The van der Waals surface area contributed by atoms with Crippen molar-refractivity contribution in [2.45, 2.75) is 20.8 Å². The molecule has 0 aliphatic rings. The number of hydrogen-bond acceptors (Lipinski definition) is 4. The molecule has 0 atom stereocenters. The number of hydrogen-bond donors (Lipinski definition) is 2. The van der Waals surface area contributed by atoms with Crippen LogP contribution in [0.15, 0.2) is 18.5 Å². The van der Waals surface area contributed by atoms with Crippen LogP contribution in [0.5, 0.6) is 0 Å². The van der Waals surface area contributed by atoms with E-state index in [2.05, 4.69) is 15.4 Å². The van der Waals surface area contributed by atoms with E-state index >= 15 is 0 Å². The molecule has 20 heavy (non-hydrogen) atoms. The third-order valence-corrected chi connectivity index (χ3v) is 2.75. The first-order chi connectivity index (χ1) is 9.38. The minimum atomic E-state index is -1.03. The average Bonchev–Trinajstić information content (AvgIpc) is 2.73. The number of aromatic nitrogens is 3. The number of rotatable bonds is 3. The highest BCUT2D eigenvalue weighted by Gasteiger charge is 2.14. The summed E-state index contributed by atoms with van der Waals surface area (Å²) < 4.78 is 1.47. The molecule has 1 amide bonds. The molecule has 2 N–H and O–H groups in total. The third kappa shape index (κ3) is 2.66. The molecule has 0 fully saturated rings. The lowest BCUT2D eigenvalue weighted by molar-refractivity contribution is -0.114. The third-order valence-electron chi connectivity index (χ3n) is 2.75. The molecule has 0 unspecified atom stereocenters. The number of carboxylic acid groups (broad SMARTS) is 1. The summed E-state index contributed by atoms with van der Waals surface area (Å²) in [7, 11) is 0. The molecule has 7 heteroatoms.